The van der Waals surface area contributed by atoms with Crippen LogP contribution in [0.1, 0.15) is 162 Å². The predicted octanol–water partition coefficient (Wildman–Crippen LogP) is 8.68. The molecule has 0 saturated heterocycles. The number of likely N-dealkylation sites (N-methyl/N-ethyl adjacent to an activating group) is 1. The molecule has 0 aromatic carbocycles. The molecule has 0 aromatic rings. The lowest BCUT2D eigenvalue weighted by molar-refractivity contribution is -0.870. The average molecular weight is 636 g/mol. The summed E-state index contributed by atoms with van der Waals surface area (Å²) in [7, 11) is 1.62. The van der Waals surface area contributed by atoms with Gasteiger partial charge in [-0.15, -0.1) is 0 Å². The summed E-state index contributed by atoms with van der Waals surface area (Å²) in [4.78, 5) is 22.9. The molecular formula is C34H72N2O6P+. The van der Waals surface area contributed by atoms with Crippen molar-refractivity contribution in [3.05, 3.63) is 0 Å². The number of hydrogen-bond acceptors (Lipinski definition) is 5. The van der Waals surface area contributed by atoms with Gasteiger partial charge in [-0.3, -0.25) is 13.8 Å². The molecule has 3 unspecified atom stereocenters. The summed E-state index contributed by atoms with van der Waals surface area (Å²) < 4.78 is 23.4. The van der Waals surface area contributed by atoms with Crippen LogP contribution in [0.15, 0.2) is 0 Å². The number of phosphoric acid groups is 1. The Labute approximate surface area is 266 Å². The zero-order valence-electron chi connectivity index (χ0n) is 29.0. The first kappa shape index (κ1) is 42.5. The Morgan fingerprint density at radius 1 is 0.698 bits per heavy atom. The molecule has 9 heteroatoms. The summed E-state index contributed by atoms with van der Waals surface area (Å²) in [5, 5.41) is 13.8. The Bertz CT molecular complexity index is 688. The van der Waals surface area contributed by atoms with Gasteiger partial charge in [-0.05, 0) is 12.8 Å². The molecular weight excluding hydrogens is 563 g/mol. The van der Waals surface area contributed by atoms with Crippen LogP contribution in [0, 0.1) is 0 Å². The molecule has 0 aromatic heterocycles. The number of aliphatic hydroxyl groups excluding tert-OH is 1. The number of carbonyl (C=O) groups excluding carboxylic acids is 1. The van der Waals surface area contributed by atoms with E-state index < -0.39 is 20.0 Å². The third kappa shape index (κ3) is 29.9. The van der Waals surface area contributed by atoms with Crippen molar-refractivity contribution in [2.24, 2.45) is 0 Å². The van der Waals surface area contributed by atoms with Crippen LogP contribution in [-0.2, 0) is 18.4 Å². The molecule has 0 spiro atoms. The van der Waals surface area contributed by atoms with Gasteiger partial charge < -0.3 is 19.8 Å². The molecule has 1 amide bonds. The van der Waals surface area contributed by atoms with Crippen molar-refractivity contribution >= 4 is 13.7 Å². The molecule has 0 fully saturated rings. The van der Waals surface area contributed by atoms with Gasteiger partial charge in [0, 0.05) is 6.42 Å². The Kier molecular flexibility index (Phi) is 27.5. The minimum atomic E-state index is -4.29. The highest BCUT2D eigenvalue weighted by Gasteiger charge is 2.28. The van der Waals surface area contributed by atoms with E-state index in [1.165, 1.54) is 96.3 Å². The number of phosphoric ester groups is 1. The van der Waals surface area contributed by atoms with Crippen molar-refractivity contribution in [1.82, 2.24) is 5.32 Å². The molecule has 3 N–H and O–H groups in total. The Hall–Kier alpha value is -0.500. The van der Waals surface area contributed by atoms with Gasteiger partial charge in [-0.1, -0.05) is 142 Å². The van der Waals surface area contributed by atoms with Crippen LogP contribution in [0.4, 0.5) is 0 Å². The second-order valence-corrected chi connectivity index (χ2v) is 15.1. The van der Waals surface area contributed by atoms with Crippen LogP contribution in [-0.4, -0.2) is 73.4 Å². The second kappa shape index (κ2) is 27.8. The van der Waals surface area contributed by atoms with Crippen LogP contribution in [0.5, 0.6) is 0 Å². The first-order chi connectivity index (χ1) is 20.5. The van der Waals surface area contributed by atoms with Crippen LogP contribution < -0.4 is 5.32 Å². The Morgan fingerprint density at radius 2 is 1.12 bits per heavy atom. The molecule has 43 heavy (non-hydrogen) atoms. The minimum absolute atomic E-state index is 0.0777. The molecule has 0 aliphatic carbocycles. The number of quaternary nitrogens is 1. The Balaban J connectivity index is 4.50. The molecule has 0 aliphatic rings. The summed E-state index contributed by atoms with van der Waals surface area (Å²) in [6.07, 6.45) is 25.5. The van der Waals surface area contributed by atoms with E-state index in [2.05, 4.69) is 19.2 Å². The van der Waals surface area contributed by atoms with Crippen molar-refractivity contribution in [3.8, 4) is 0 Å². The fraction of sp³-hybridized carbons (Fsp3) is 0.971. The van der Waals surface area contributed by atoms with E-state index in [0.29, 0.717) is 23.9 Å². The maximum absolute atomic E-state index is 12.7. The van der Waals surface area contributed by atoms with Gasteiger partial charge in [-0.2, -0.15) is 0 Å². The fourth-order valence-electron chi connectivity index (χ4n) is 5.16. The van der Waals surface area contributed by atoms with Gasteiger partial charge in [0.25, 0.3) is 0 Å². The molecule has 0 radical (unpaired) electrons. The number of aliphatic hydroxyl groups is 1. The maximum atomic E-state index is 12.7. The smallest absolute Gasteiger partial charge is 0.391 e. The minimum Gasteiger partial charge on any atom is -0.391 e. The van der Waals surface area contributed by atoms with Crippen molar-refractivity contribution in [2.75, 3.05) is 40.9 Å². The van der Waals surface area contributed by atoms with Gasteiger partial charge >= 0.3 is 7.82 Å². The molecule has 3 atom stereocenters. The molecule has 0 aliphatic heterocycles. The number of amides is 1. The van der Waals surface area contributed by atoms with Crippen LogP contribution in [0.3, 0.4) is 0 Å². The Morgan fingerprint density at radius 3 is 1.56 bits per heavy atom. The highest BCUT2D eigenvalue weighted by molar-refractivity contribution is 7.47. The SMILES string of the molecule is CCCCCCCCCCCCCCC(O)C(COP(=O)(O)OCC[N+](C)(C)C)NC(=O)CCCCCCCCCCC. The van der Waals surface area contributed by atoms with Crippen LogP contribution in [0.2, 0.25) is 0 Å². The third-order valence-electron chi connectivity index (χ3n) is 8.11. The molecule has 8 nitrogen and oxygen atoms in total. The van der Waals surface area contributed by atoms with Gasteiger partial charge in [0.2, 0.25) is 5.91 Å². The molecule has 258 valence electrons. The highest BCUT2D eigenvalue weighted by atomic mass is 31.2. The van der Waals surface area contributed by atoms with Gasteiger partial charge in [0.15, 0.2) is 0 Å². The van der Waals surface area contributed by atoms with Crippen molar-refractivity contribution in [1.29, 1.82) is 0 Å². The van der Waals surface area contributed by atoms with Crippen molar-refractivity contribution < 1.29 is 32.9 Å². The average Bonchev–Trinajstić information content (AvgIpc) is 2.94. The zero-order chi connectivity index (χ0) is 32.2. The number of carbonyl (C=O) groups is 1. The third-order valence-corrected chi connectivity index (χ3v) is 9.09. The first-order valence-electron chi connectivity index (χ1n) is 17.9. The summed E-state index contributed by atoms with van der Waals surface area (Å²) >= 11 is 0. The lowest BCUT2D eigenvalue weighted by Crippen LogP contribution is -2.46. The highest BCUT2D eigenvalue weighted by Crippen LogP contribution is 2.43. The summed E-state index contributed by atoms with van der Waals surface area (Å²) in [6, 6.07) is -0.749. The lowest BCUT2D eigenvalue weighted by Gasteiger charge is -2.26. The molecule has 0 saturated carbocycles. The van der Waals surface area contributed by atoms with E-state index >= 15 is 0 Å². The predicted molar refractivity (Wildman–Crippen MR) is 180 cm³/mol. The number of hydrogen-bond donors (Lipinski definition) is 3. The fourth-order valence-corrected chi connectivity index (χ4v) is 5.90. The van der Waals surface area contributed by atoms with E-state index in [1.54, 1.807) is 0 Å². The van der Waals surface area contributed by atoms with E-state index in [-0.39, 0.29) is 19.1 Å². The van der Waals surface area contributed by atoms with Crippen LogP contribution >= 0.6 is 7.82 Å². The molecule has 0 heterocycles. The number of nitrogens with zero attached hydrogens (tertiary/aromatic N) is 1. The van der Waals surface area contributed by atoms with E-state index in [0.717, 1.165) is 38.5 Å². The normalized spacial score (nSPS) is 14.9. The first-order valence-corrected chi connectivity index (χ1v) is 19.4. The van der Waals surface area contributed by atoms with Crippen molar-refractivity contribution in [2.45, 2.75) is 174 Å². The molecule has 0 bridgehead atoms. The summed E-state index contributed by atoms with van der Waals surface area (Å²) in [5.74, 6) is -0.149. The lowest BCUT2D eigenvalue weighted by atomic mass is 10.0. The van der Waals surface area contributed by atoms with Gasteiger partial charge in [0.1, 0.15) is 13.2 Å². The standard InChI is InChI=1S/C34H71N2O6P/c1-6-8-10-12-14-16-17-18-20-21-23-25-27-33(37)32(31-42-43(39,40)41-30-29-36(3,4)5)35-34(38)28-26-24-22-19-15-13-11-9-7-2/h32-33,37H,6-31H2,1-5H3,(H-,35,38,39,40)/p+1. The van der Waals surface area contributed by atoms with Gasteiger partial charge in [0.05, 0.1) is 39.9 Å². The molecule has 0 rings (SSSR count). The van der Waals surface area contributed by atoms with Crippen LogP contribution in [0.25, 0.3) is 0 Å². The summed E-state index contributed by atoms with van der Waals surface area (Å²) in [5.41, 5.74) is 0. The monoisotopic (exact) mass is 636 g/mol. The van der Waals surface area contributed by atoms with E-state index in [9.17, 15) is 19.4 Å². The number of rotatable bonds is 32. The number of unbranched alkanes of at least 4 members (excludes halogenated alkanes) is 19. The second-order valence-electron chi connectivity index (χ2n) is 13.6. The quantitative estimate of drug-likeness (QED) is 0.0388. The maximum Gasteiger partial charge on any atom is 0.472 e. The zero-order valence-corrected chi connectivity index (χ0v) is 29.9. The van der Waals surface area contributed by atoms with Gasteiger partial charge in [-0.25, -0.2) is 4.57 Å². The largest absolute Gasteiger partial charge is 0.472 e. The summed E-state index contributed by atoms with van der Waals surface area (Å²) in [6.45, 7) is 4.84. The topological polar surface area (TPSA) is 105 Å². The van der Waals surface area contributed by atoms with E-state index in [4.69, 9.17) is 9.05 Å². The van der Waals surface area contributed by atoms with E-state index in [1.807, 2.05) is 21.1 Å². The van der Waals surface area contributed by atoms with Crippen molar-refractivity contribution in [3.63, 3.8) is 0 Å². The number of nitrogens with one attached hydrogen (secondary N) is 1.